The van der Waals surface area contributed by atoms with Gasteiger partial charge in [0.15, 0.2) is 0 Å². The SMILES string of the molecule is CC.Cc1ccc(C2CCC(C3CCC(OC(F)(F)F)CC3)CC2)cc1. The van der Waals surface area contributed by atoms with Gasteiger partial charge >= 0.3 is 6.36 Å². The smallest absolute Gasteiger partial charge is 0.289 e. The van der Waals surface area contributed by atoms with Crippen molar-refractivity contribution in [3.63, 3.8) is 0 Å². The van der Waals surface area contributed by atoms with Crippen LogP contribution in [-0.4, -0.2) is 12.5 Å². The summed E-state index contributed by atoms with van der Waals surface area (Å²) < 4.78 is 41.1. The van der Waals surface area contributed by atoms with E-state index in [2.05, 4.69) is 35.9 Å². The fourth-order valence-corrected chi connectivity index (χ4v) is 4.63. The van der Waals surface area contributed by atoms with Gasteiger partial charge in [0, 0.05) is 0 Å². The molecule has 0 aromatic heterocycles. The normalized spacial score (nSPS) is 29.6. The van der Waals surface area contributed by atoms with Crippen LogP contribution in [0.3, 0.4) is 0 Å². The van der Waals surface area contributed by atoms with Gasteiger partial charge in [-0.1, -0.05) is 43.7 Å². The highest BCUT2D eigenvalue weighted by molar-refractivity contribution is 5.24. The number of hydrogen-bond donors (Lipinski definition) is 0. The lowest BCUT2D eigenvalue weighted by atomic mass is 9.69. The van der Waals surface area contributed by atoms with Gasteiger partial charge in [0.1, 0.15) is 0 Å². The van der Waals surface area contributed by atoms with E-state index in [1.54, 1.807) is 0 Å². The van der Waals surface area contributed by atoms with Crippen LogP contribution < -0.4 is 0 Å². The van der Waals surface area contributed by atoms with Crippen molar-refractivity contribution in [3.05, 3.63) is 35.4 Å². The van der Waals surface area contributed by atoms with E-state index in [1.165, 1.54) is 36.8 Å². The fourth-order valence-electron chi connectivity index (χ4n) is 4.63. The maximum atomic E-state index is 12.3. The molecule has 1 aromatic rings. The summed E-state index contributed by atoms with van der Waals surface area (Å²) in [5.74, 6) is 1.95. The number of ether oxygens (including phenoxy) is 1. The van der Waals surface area contributed by atoms with Crippen molar-refractivity contribution < 1.29 is 17.9 Å². The first-order valence-corrected chi connectivity index (χ1v) is 10.2. The van der Waals surface area contributed by atoms with E-state index in [0.29, 0.717) is 30.6 Å². The first-order chi connectivity index (χ1) is 12.4. The number of aryl methyl sites for hydroxylation is 1. The second-order valence-corrected chi connectivity index (χ2v) is 7.62. The van der Waals surface area contributed by atoms with Crippen molar-refractivity contribution in [2.45, 2.75) is 90.5 Å². The monoisotopic (exact) mass is 370 g/mol. The molecule has 1 nitrogen and oxygen atoms in total. The topological polar surface area (TPSA) is 9.23 Å². The molecule has 0 N–H and O–H groups in total. The summed E-state index contributed by atoms with van der Waals surface area (Å²) in [4.78, 5) is 0. The summed E-state index contributed by atoms with van der Waals surface area (Å²) in [6.45, 7) is 6.11. The molecule has 26 heavy (non-hydrogen) atoms. The van der Waals surface area contributed by atoms with E-state index in [1.807, 2.05) is 13.8 Å². The molecule has 2 saturated carbocycles. The Bertz CT molecular complexity index is 507. The van der Waals surface area contributed by atoms with Crippen LogP contribution in [-0.2, 0) is 4.74 Å². The minimum Gasteiger partial charge on any atom is -0.289 e. The summed E-state index contributed by atoms with van der Waals surface area (Å²) in [6.07, 6.45) is 2.65. The third kappa shape index (κ3) is 6.29. The zero-order valence-corrected chi connectivity index (χ0v) is 16.3. The number of halogens is 3. The Labute approximate surface area is 156 Å². The van der Waals surface area contributed by atoms with E-state index in [0.717, 1.165) is 12.8 Å². The molecule has 3 rings (SSSR count). The molecule has 2 aliphatic carbocycles. The van der Waals surface area contributed by atoms with Crippen LogP contribution in [0.1, 0.15) is 82.3 Å². The van der Waals surface area contributed by atoms with E-state index in [9.17, 15) is 13.2 Å². The minimum atomic E-state index is -4.48. The number of benzene rings is 1. The molecular weight excluding hydrogens is 337 g/mol. The standard InChI is InChI=1S/C20H27F3O.C2H6/c1-14-2-4-15(5-3-14)16-6-8-17(9-7-16)18-10-12-19(13-11-18)24-20(21,22)23;1-2/h2-5,16-19H,6-13H2,1H3;1-2H3. The van der Waals surface area contributed by atoms with E-state index < -0.39 is 12.5 Å². The summed E-state index contributed by atoms with van der Waals surface area (Å²) in [6, 6.07) is 8.87. The van der Waals surface area contributed by atoms with E-state index in [-0.39, 0.29) is 0 Å². The third-order valence-corrected chi connectivity index (χ3v) is 6.01. The Morgan fingerprint density at radius 3 is 1.69 bits per heavy atom. The van der Waals surface area contributed by atoms with Crippen LogP contribution in [0.15, 0.2) is 24.3 Å². The third-order valence-electron chi connectivity index (χ3n) is 6.01. The quantitative estimate of drug-likeness (QED) is 0.539. The van der Waals surface area contributed by atoms with Gasteiger partial charge in [-0.3, -0.25) is 4.74 Å². The summed E-state index contributed by atoms with van der Waals surface area (Å²) in [7, 11) is 0. The van der Waals surface area contributed by atoms with Crippen LogP contribution in [0.5, 0.6) is 0 Å². The average molecular weight is 370 g/mol. The predicted molar refractivity (Wildman–Crippen MR) is 100 cm³/mol. The van der Waals surface area contributed by atoms with Gasteiger partial charge in [0.05, 0.1) is 6.10 Å². The molecule has 2 aliphatic rings. The van der Waals surface area contributed by atoms with Crippen molar-refractivity contribution in [1.82, 2.24) is 0 Å². The van der Waals surface area contributed by atoms with Crippen molar-refractivity contribution in [2.75, 3.05) is 0 Å². The lowest BCUT2D eigenvalue weighted by molar-refractivity contribution is -0.346. The van der Waals surface area contributed by atoms with Crippen LogP contribution in [0, 0.1) is 18.8 Å². The summed E-state index contributed by atoms with van der Waals surface area (Å²) in [5.41, 5.74) is 2.74. The molecule has 2 fully saturated rings. The number of hydrogen-bond acceptors (Lipinski definition) is 1. The molecule has 0 radical (unpaired) electrons. The Morgan fingerprint density at radius 1 is 0.769 bits per heavy atom. The molecule has 0 atom stereocenters. The van der Waals surface area contributed by atoms with E-state index in [4.69, 9.17) is 0 Å². The van der Waals surface area contributed by atoms with Gasteiger partial charge in [-0.15, -0.1) is 13.2 Å². The van der Waals surface area contributed by atoms with Crippen LogP contribution in [0.4, 0.5) is 13.2 Å². The average Bonchev–Trinajstić information content (AvgIpc) is 2.64. The lowest BCUT2D eigenvalue weighted by Gasteiger charge is -2.38. The van der Waals surface area contributed by atoms with Gasteiger partial charge in [0.25, 0.3) is 0 Å². The maximum Gasteiger partial charge on any atom is 0.522 e. The minimum absolute atomic E-state index is 0.558. The first-order valence-electron chi connectivity index (χ1n) is 10.2. The molecule has 0 unspecified atom stereocenters. The largest absolute Gasteiger partial charge is 0.522 e. The second kappa shape index (κ2) is 9.77. The number of alkyl halides is 3. The molecule has 0 spiro atoms. The van der Waals surface area contributed by atoms with Crippen molar-refractivity contribution in [3.8, 4) is 0 Å². The van der Waals surface area contributed by atoms with Gasteiger partial charge < -0.3 is 0 Å². The molecule has 0 saturated heterocycles. The first kappa shape index (κ1) is 21.3. The Morgan fingerprint density at radius 2 is 1.23 bits per heavy atom. The highest BCUT2D eigenvalue weighted by Gasteiger charge is 2.37. The lowest BCUT2D eigenvalue weighted by Crippen LogP contribution is -2.31. The van der Waals surface area contributed by atoms with Crippen LogP contribution in [0.25, 0.3) is 0 Å². The molecule has 0 heterocycles. The van der Waals surface area contributed by atoms with Gasteiger partial charge in [-0.05, 0) is 81.6 Å². The molecule has 148 valence electrons. The van der Waals surface area contributed by atoms with Crippen molar-refractivity contribution in [1.29, 1.82) is 0 Å². The molecule has 0 bridgehead atoms. The summed E-state index contributed by atoms with van der Waals surface area (Å²) in [5, 5.41) is 0. The zero-order chi connectivity index (χ0) is 19.2. The number of rotatable bonds is 3. The second-order valence-electron chi connectivity index (χ2n) is 7.62. The Hall–Kier alpha value is -1.03. The van der Waals surface area contributed by atoms with Gasteiger partial charge in [-0.2, -0.15) is 0 Å². The van der Waals surface area contributed by atoms with Crippen molar-refractivity contribution in [2.24, 2.45) is 11.8 Å². The molecule has 1 aromatic carbocycles. The Balaban J connectivity index is 0.00000117. The predicted octanol–water partition coefficient (Wildman–Crippen LogP) is 7.39. The zero-order valence-electron chi connectivity index (χ0n) is 16.3. The highest BCUT2D eigenvalue weighted by Crippen LogP contribution is 2.43. The van der Waals surface area contributed by atoms with Crippen LogP contribution in [0.2, 0.25) is 0 Å². The van der Waals surface area contributed by atoms with Crippen LogP contribution >= 0.6 is 0 Å². The van der Waals surface area contributed by atoms with Gasteiger partial charge in [0.2, 0.25) is 0 Å². The van der Waals surface area contributed by atoms with Gasteiger partial charge in [-0.25, -0.2) is 0 Å². The van der Waals surface area contributed by atoms with Crippen molar-refractivity contribution >= 4 is 0 Å². The fraction of sp³-hybridized carbons (Fsp3) is 0.727. The highest BCUT2D eigenvalue weighted by atomic mass is 19.4. The molecular formula is C22H33F3O. The molecule has 4 heteroatoms. The summed E-state index contributed by atoms with van der Waals surface area (Å²) >= 11 is 0. The Kier molecular flexibility index (Phi) is 8.00. The molecule has 0 aliphatic heterocycles. The molecule has 0 amide bonds. The van der Waals surface area contributed by atoms with E-state index >= 15 is 0 Å². The maximum absolute atomic E-state index is 12.3.